The Morgan fingerprint density at radius 3 is 1.73 bits per heavy atom. The van der Waals surface area contributed by atoms with Crippen LogP contribution in [0.3, 0.4) is 0 Å². The van der Waals surface area contributed by atoms with Crippen LogP contribution in [-0.4, -0.2) is 87.6 Å². The molecule has 0 aliphatic carbocycles. The van der Waals surface area contributed by atoms with Gasteiger partial charge in [0.1, 0.15) is 4.90 Å². The minimum absolute atomic E-state index is 0.559. The molecule has 0 radical (unpaired) electrons. The number of rotatable bonds is 13. The molecule has 0 amide bonds. The first-order valence-electron chi connectivity index (χ1n) is 10.2. The number of hydrogen-bond acceptors (Lipinski definition) is 8. The molecule has 0 atom stereocenters. The molecule has 30 heavy (non-hydrogen) atoms. The molecule has 8 heteroatoms. The molecule has 166 valence electrons. The van der Waals surface area contributed by atoms with Crippen LogP contribution in [0, 0.1) is 0 Å². The van der Waals surface area contributed by atoms with E-state index in [1.165, 1.54) is 0 Å². The second-order valence-corrected chi connectivity index (χ2v) is 8.39. The molecule has 1 aromatic carbocycles. The summed E-state index contributed by atoms with van der Waals surface area (Å²) < 4.78 is 12.2. The van der Waals surface area contributed by atoms with Gasteiger partial charge in [-0.2, -0.15) is 9.97 Å². The highest BCUT2D eigenvalue weighted by molar-refractivity contribution is 7.98. The Balaban J connectivity index is 2.26. The highest BCUT2D eigenvalue weighted by Gasteiger charge is 2.19. The first-order chi connectivity index (χ1) is 14.4. The van der Waals surface area contributed by atoms with Crippen molar-refractivity contribution in [1.29, 1.82) is 0 Å². The maximum atomic E-state index is 6.08. The van der Waals surface area contributed by atoms with E-state index in [-0.39, 0.29) is 0 Å². The molecule has 2 rings (SSSR count). The molecular formula is C22H35N5O2S. The average molecular weight is 434 g/mol. The maximum absolute atomic E-state index is 6.08. The number of anilines is 2. The van der Waals surface area contributed by atoms with E-state index in [1.54, 1.807) is 11.8 Å². The lowest BCUT2D eigenvalue weighted by atomic mass is 10.3. The van der Waals surface area contributed by atoms with E-state index >= 15 is 0 Å². The largest absolute Gasteiger partial charge is 0.477 e. The molecule has 0 aliphatic heterocycles. The van der Waals surface area contributed by atoms with E-state index in [0.29, 0.717) is 30.9 Å². The summed E-state index contributed by atoms with van der Waals surface area (Å²) in [7, 11) is 10.2. The van der Waals surface area contributed by atoms with Gasteiger partial charge < -0.3 is 24.2 Å². The first kappa shape index (κ1) is 24.2. The van der Waals surface area contributed by atoms with Crippen LogP contribution in [0.4, 0.5) is 11.6 Å². The zero-order valence-corrected chi connectivity index (χ0v) is 19.9. The fraction of sp³-hybridized carbons (Fsp3) is 0.545. The summed E-state index contributed by atoms with van der Waals surface area (Å²) in [5.74, 6) is 1.72. The number of nitrogens with zero attached hydrogens (tertiary/aromatic N) is 5. The second-order valence-electron chi connectivity index (χ2n) is 7.57. The molecule has 1 heterocycles. The van der Waals surface area contributed by atoms with Crippen molar-refractivity contribution in [1.82, 2.24) is 19.8 Å². The van der Waals surface area contributed by atoms with Crippen LogP contribution >= 0.6 is 11.8 Å². The van der Waals surface area contributed by atoms with Crippen molar-refractivity contribution in [2.24, 2.45) is 0 Å². The van der Waals surface area contributed by atoms with Crippen molar-refractivity contribution in [3.05, 3.63) is 30.3 Å². The Labute approximate surface area is 185 Å². The number of benzene rings is 1. The zero-order valence-electron chi connectivity index (χ0n) is 19.1. The maximum Gasteiger partial charge on any atom is 0.236 e. The molecule has 1 aromatic heterocycles. The summed E-state index contributed by atoms with van der Waals surface area (Å²) >= 11 is 1.55. The van der Waals surface area contributed by atoms with Crippen LogP contribution < -0.4 is 14.4 Å². The monoisotopic (exact) mass is 433 g/mol. The third-order valence-corrected chi connectivity index (χ3v) is 5.17. The summed E-state index contributed by atoms with van der Waals surface area (Å²) in [6, 6.07) is 10.1. The average Bonchev–Trinajstić information content (AvgIpc) is 2.73. The van der Waals surface area contributed by atoms with Crippen molar-refractivity contribution < 1.29 is 9.47 Å². The third-order valence-electron chi connectivity index (χ3n) is 4.42. The molecule has 0 bridgehead atoms. The van der Waals surface area contributed by atoms with Crippen LogP contribution in [0.25, 0.3) is 0 Å². The Morgan fingerprint density at radius 2 is 1.30 bits per heavy atom. The topological polar surface area (TPSA) is 54.0 Å². The Kier molecular flexibility index (Phi) is 10.2. The van der Waals surface area contributed by atoms with Gasteiger partial charge in [0.15, 0.2) is 0 Å². The Morgan fingerprint density at radius 1 is 0.800 bits per heavy atom. The molecule has 0 spiro atoms. The zero-order chi connectivity index (χ0) is 21.9. The van der Waals surface area contributed by atoms with E-state index in [4.69, 9.17) is 19.4 Å². The normalized spacial score (nSPS) is 11.2. The Bertz CT molecular complexity index is 721. The van der Waals surface area contributed by atoms with Gasteiger partial charge in [-0.1, -0.05) is 18.2 Å². The summed E-state index contributed by atoms with van der Waals surface area (Å²) in [4.78, 5) is 16.5. The van der Waals surface area contributed by atoms with Crippen molar-refractivity contribution in [3.63, 3.8) is 0 Å². The van der Waals surface area contributed by atoms with Crippen LogP contribution in [-0.2, 0) is 0 Å². The predicted molar refractivity (Wildman–Crippen MR) is 126 cm³/mol. The number of thioether (sulfide) groups is 1. The molecule has 2 aromatic rings. The van der Waals surface area contributed by atoms with Gasteiger partial charge in [0.25, 0.3) is 0 Å². The van der Waals surface area contributed by atoms with Crippen LogP contribution in [0.2, 0.25) is 0 Å². The van der Waals surface area contributed by atoms with Gasteiger partial charge in [-0.3, -0.25) is 0 Å². The summed E-state index contributed by atoms with van der Waals surface area (Å²) in [6.45, 7) is 3.11. The molecule has 0 saturated heterocycles. The fourth-order valence-electron chi connectivity index (χ4n) is 2.79. The van der Waals surface area contributed by atoms with Crippen LogP contribution in [0.5, 0.6) is 11.8 Å². The Hall–Kier alpha value is -2.03. The van der Waals surface area contributed by atoms with Crippen molar-refractivity contribution >= 4 is 23.4 Å². The van der Waals surface area contributed by atoms with Gasteiger partial charge in [-0.25, -0.2) is 0 Å². The van der Waals surface area contributed by atoms with Gasteiger partial charge in [-0.05, 0) is 59.4 Å². The van der Waals surface area contributed by atoms with Gasteiger partial charge >= 0.3 is 0 Å². The second kappa shape index (κ2) is 12.6. The molecule has 7 nitrogen and oxygen atoms in total. The molecule has 0 unspecified atom stereocenters. The fourth-order valence-corrected chi connectivity index (χ4v) is 3.34. The number of ether oxygens (including phenoxy) is 2. The predicted octanol–water partition coefficient (Wildman–Crippen LogP) is 3.63. The van der Waals surface area contributed by atoms with Crippen LogP contribution in [0.15, 0.2) is 35.2 Å². The highest BCUT2D eigenvalue weighted by Crippen LogP contribution is 2.36. The van der Waals surface area contributed by atoms with E-state index in [2.05, 4.69) is 38.0 Å². The number of aromatic nitrogens is 2. The quantitative estimate of drug-likeness (QED) is 0.351. The number of hydrogen-bond donors (Lipinski definition) is 0. The van der Waals surface area contributed by atoms with Gasteiger partial charge in [0, 0.05) is 25.8 Å². The number of para-hydroxylation sites is 1. The van der Waals surface area contributed by atoms with E-state index in [0.717, 1.165) is 36.5 Å². The SMILES string of the molecule is CSc1c(OCCCN(C)C)nc(N(C)c2ccccc2)nc1OCCCN(C)C. The van der Waals surface area contributed by atoms with Crippen molar-refractivity contribution in [2.75, 3.05) is 72.7 Å². The van der Waals surface area contributed by atoms with Crippen LogP contribution in [0.1, 0.15) is 12.8 Å². The molecule has 0 saturated carbocycles. The minimum atomic E-state index is 0.559. The van der Waals surface area contributed by atoms with Gasteiger partial charge in [0.05, 0.1) is 13.2 Å². The highest BCUT2D eigenvalue weighted by atomic mass is 32.2. The lowest BCUT2D eigenvalue weighted by Gasteiger charge is -2.21. The smallest absolute Gasteiger partial charge is 0.236 e. The standard InChI is InChI=1S/C22H35N5O2S/c1-25(2)14-10-16-28-20-19(30-6)21(29-17-11-15-26(3)4)24-22(23-20)27(5)18-12-8-7-9-13-18/h7-9,12-13H,10-11,14-17H2,1-6H3. The minimum Gasteiger partial charge on any atom is -0.477 e. The molecular weight excluding hydrogens is 398 g/mol. The van der Waals surface area contributed by atoms with Crippen molar-refractivity contribution in [3.8, 4) is 11.8 Å². The lowest BCUT2D eigenvalue weighted by Crippen LogP contribution is -2.18. The van der Waals surface area contributed by atoms with E-state index in [9.17, 15) is 0 Å². The lowest BCUT2D eigenvalue weighted by molar-refractivity contribution is 0.248. The van der Waals surface area contributed by atoms with Crippen molar-refractivity contribution in [2.45, 2.75) is 17.7 Å². The van der Waals surface area contributed by atoms with E-state index in [1.807, 2.05) is 48.5 Å². The van der Waals surface area contributed by atoms with Gasteiger partial charge in [0.2, 0.25) is 17.7 Å². The molecule has 0 N–H and O–H groups in total. The molecule has 0 fully saturated rings. The first-order valence-corrected chi connectivity index (χ1v) is 11.4. The van der Waals surface area contributed by atoms with E-state index < -0.39 is 0 Å². The molecule has 0 aliphatic rings. The summed E-state index contributed by atoms with van der Waals surface area (Å²) in [6.07, 6.45) is 3.85. The van der Waals surface area contributed by atoms with Gasteiger partial charge in [-0.15, -0.1) is 11.8 Å². The summed E-state index contributed by atoms with van der Waals surface area (Å²) in [5, 5.41) is 0. The third kappa shape index (κ3) is 7.66. The summed E-state index contributed by atoms with van der Waals surface area (Å²) in [5.41, 5.74) is 1.01.